The van der Waals surface area contributed by atoms with Gasteiger partial charge in [0.25, 0.3) is 0 Å². The number of nitrogens with one attached hydrogen (secondary N) is 1. The van der Waals surface area contributed by atoms with E-state index in [-0.39, 0.29) is 18.0 Å². The van der Waals surface area contributed by atoms with E-state index in [0.29, 0.717) is 9.75 Å². The van der Waals surface area contributed by atoms with Gasteiger partial charge in [0, 0.05) is 27.4 Å². The monoisotopic (exact) mass is 318 g/mol. The first kappa shape index (κ1) is 14.6. The zero-order valence-electron chi connectivity index (χ0n) is 10.5. The Morgan fingerprint density at radius 3 is 2.58 bits per heavy atom. The third-order valence-electron chi connectivity index (χ3n) is 2.47. The quantitative estimate of drug-likeness (QED) is 0.881. The summed E-state index contributed by atoms with van der Waals surface area (Å²) in [5.41, 5.74) is 0. The minimum absolute atomic E-state index is 0.144. The lowest BCUT2D eigenvalue weighted by Gasteiger charge is -2.04. The Morgan fingerprint density at radius 2 is 2.05 bits per heavy atom. The van der Waals surface area contributed by atoms with Crippen molar-refractivity contribution in [3.63, 3.8) is 0 Å². The number of hydrogen-bond donors (Lipinski definition) is 2. The number of thiophene rings is 1. The van der Waals surface area contributed by atoms with E-state index in [2.05, 4.69) is 9.71 Å². The predicted molar refractivity (Wildman–Crippen MR) is 75.9 cm³/mol. The minimum atomic E-state index is -3.54. The molecule has 0 atom stereocenters. The van der Waals surface area contributed by atoms with E-state index in [1.807, 2.05) is 6.92 Å². The fourth-order valence-corrected chi connectivity index (χ4v) is 4.93. The highest BCUT2D eigenvalue weighted by atomic mass is 32.2. The topological polar surface area (TPSA) is 79.3 Å². The summed E-state index contributed by atoms with van der Waals surface area (Å²) in [5.74, 6) is 0. The van der Waals surface area contributed by atoms with Crippen molar-refractivity contribution in [3.8, 4) is 0 Å². The van der Waals surface area contributed by atoms with E-state index in [4.69, 9.17) is 5.11 Å². The Kier molecular flexibility index (Phi) is 4.36. The highest BCUT2D eigenvalue weighted by Crippen LogP contribution is 2.25. The SMILES string of the molecule is Cc1ncc(CNS(=O)(=O)c2cc(CO)sc2C)s1. The van der Waals surface area contributed by atoms with Crippen LogP contribution in [0.15, 0.2) is 17.2 Å². The second kappa shape index (κ2) is 5.68. The summed E-state index contributed by atoms with van der Waals surface area (Å²) in [6, 6.07) is 1.51. The van der Waals surface area contributed by atoms with Gasteiger partial charge in [-0.25, -0.2) is 18.1 Å². The minimum Gasteiger partial charge on any atom is -0.391 e. The number of aryl methyl sites for hydroxylation is 2. The molecule has 0 amide bonds. The zero-order valence-corrected chi connectivity index (χ0v) is 13.0. The van der Waals surface area contributed by atoms with Gasteiger partial charge >= 0.3 is 0 Å². The standard InChI is InChI=1S/C11H14N2O3S3/c1-7-11(3-9(6-14)17-7)19(15,16)13-5-10-4-12-8(2)18-10/h3-4,13-14H,5-6H2,1-2H3. The van der Waals surface area contributed by atoms with Crippen LogP contribution in [-0.4, -0.2) is 18.5 Å². The van der Waals surface area contributed by atoms with Gasteiger partial charge in [0.2, 0.25) is 10.0 Å². The molecule has 2 N–H and O–H groups in total. The number of thiazole rings is 1. The number of aliphatic hydroxyl groups is 1. The molecule has 2 heterocycles. The molecular weight excluding hydrogens is 304 g/mol. The van der Waals surface area contributed by atoms with Gasteiger partial charge in [-0.2, -0.15) is 0 Å². The third-order valence-corrected chi connectivity index (χ3v) is 6.08. The molecule has 0 saturated carbocycles. The van der Waals surface area contributed by atoms with Crippen LogP contribution in [-0.2, 0) is 23.2 Å². The van der Waals surface area contributed by atoms with Gasteiger partial charge in [-0.05, 0) is 19.9 Å². The molecule has 0 bridgehead atoms. The van der Waals surface area contributed by atoms with Crippen molar-refractivity contribution in [2.45, 2.75) is 31.9 Å². The highest BCUT2D eigenvalue weighted by molar-refractivity contribution is 7.89. The Labute approximate surface area is 120 Å². The Morgan fingerprint density at radius 1 is 1.32 bits per heavy atom. The molecule has 0 aliphatic rings. The number of hydrogen-bond acceptors (Lipinski definition) is 6. The Bertz CT molecular complexity index is 673. The van der Waals surface area contributed by atoms with Crippen LogP contribution in [0.4, 0.5) is 0 Å². The molecule has 0 saturated heterocycles. The molecule has 2 aromatic rings. The normalized spacial score (nSPS) is 11.9. The van der Waals surface area contributed by atoms with Crippen molar-refractivity contribution in [1.82, 2.24) is 9.71 Å². The van der Waals surface area contributed by atoms with Crippen LogP contribution in [0.2, 0.25) is 0 Å². The van der Waals surface area contributed by atoms with Gasteiger partial charge in [0.05, 0.1) is 16.5 Å². The number of rotatable bonds is 5. The molecule has 19 heavy (non-hydrogen) atoms. The fourth-order valence-electron chi connectivity index (χ4n) is 1.60. The van der Waals surface area contributed by atoms with E-state index in [1.54, 1.807) is 13.1 Å². The first-order valence-electron chi connectivity index (χ1n) is 5.53. The van der Waals surface area contributed by atoms with Crippen molar-refractivity contribution in [2.75, 3.05) is 0 Å². The average Bonchev–Trinajstić information content (AvgIpc) is 2.93. The largest absolute Gasteiger partial charge is 0.391 e. The third kappa shape index (κ3) is 3.40. The van der Waals surface area contributed by atoms with Crippen molar-refractivity contribution in [2.24, 2.45) is 0 Å². The maximum absolute atomic E-state index is 12.2. The van der Waals surface area contributed by atoms with Gasteiger partial charge in [0.15, 0.2) is 0 Å². The lowest BCUT2D eigenvalue weighted by atomic mass is 10.4. The summed E-state index contributed by atoms with van der Waals surface area (Å²) in [5, 5.41) is 9.95. The summed E-state index contributed by atoms with van der Waals surface area (Å²) < 4.78 is 26.9. The van der Waals surface area contributed by atoms with Crippen LogP contribution >= 0.6 is 22.7 Å². The van der Waals surface area contributed by atoms with Crippen LogP contribution in [0.3, 0.4) is 0 Å². The van der Waals surface area contributed by atoms with E-state index < -0.39 is 10.0 Å². The van der Waals surface area contributed by atoms with E-state index in [9.17, 15) is 8.42 Å². The van der Waals surface area contributed by atoms with E-state index >= 15 is 0 Å². The molecular formula is C11H14N2O3S3. The lowest BCUT2D eigenvalue weighted by molar-refractivity contribution is 0.285. The van der Waals surface area contributed by atoms with Crippen molar-refractivity contribution in [3.05, 3.63) is 31.9 Å². The van der Waals surface area contributed by atoms with Gasteiger partial charge in [-0.3, -0.25) is 0 Å². The molecule has 5 nitrogen and oxygen atoms in total. The van der Waals surface area contributed by atoms with Gasteiger partial charge in [-0.15, -0.1) is 22.7 Å². The number of aromatic nitrogens is 1. The van der Waals surface area contributed by atoms with Gasteiger partial charge in [0.1, 0.15) is 0 Å². The first-order valence-corrected chi connectivity index (χ1v) is 8.65. The highest BCUT2D eigenvalue weighted by Gasteiger charge is 2.19. The molecule has 8 heteroatoms. The number of aliphatic hydroxyl groups excluding tert-OH is 1. The number of nitrogens with zero attached hydrogens (tertiary/aromatic N) is 1. The average molecular weight is 318 g/mol. The molecule has 2 aromatic heterocycles. The molecule has 104 valence electrons. The summed E-state index contributed by atoms with van der Waals surface area (Å²) in [7, 11) is -3.54. The Hall–Kier alpha value is -0.800. The molecule has 0 fully saturated rings. The smallest absolute Gasteiger partial charge is 0.242 e. The fraction of sp³-hybridized carbons (Fsp3) is 0.364. The lowest BCUT2D eigenvalue weighted by Crippen LogP contribution is -2.22. The molecule has 0 unspecified atom stereocenters. The van der Waals surface area contributed by atoms with E-state index in [1.165, 1.54) is 28.7 Å². The van der Waals surface area contributed by atoms with Crippen LogP contribution in [0.25, 0.3) is 0 Å². The summed E-state index contributed by atoms with van der Waals surface area (Å²) in [6.07, 6.45) is 1.67. The Balaban J connectivity index is 2.15. The van der Waals surface area contributed by atoms with Crippen molar-refractivity contribution < 1.29 is 13.5 Å². The summed E-state index contributed by atoms with van der Waals surface area (Å²) >= 11 is 2.75. The molecule has 0 aliphatic carbocycles. The van der Waals surface area contributed by atoms with Gasteiger partial charge < -0.3 is 5.11 Å². The molecule has 0 aromatic carbocycles. The van der Waals surface area contributed by atoms with Crippen LogP contribution < -0.4 is 4.72 Å². The molecule has 0 aliphatic heterocycles. The summed E-state index contributed by atoms with van der Waals surface area (Å²) in [4.78, 5) is 6.51. The van der Waals surface area contributed by atoms with Crippen molar-refractivity contribution >= 4 is 32.7 Å². The first-order chi connectivity index (χ1) is 8.92. The predicted octanol–water partition coefficient (Wildman–Crippen LogP) is 1.79. The second-order valence-corrected chi connectivity index (χ2v) is 8.36. The number of sulfonamides is 1. The van der Waals surface area contributed by atoms with Crippen molar-refractivity contribution in [1.29, 1.82) is 0 Å². The molecule has 0 spiro atoms. The maximum Gasteiger partial charge on any atom is 0.242 e. The second-order valence-electron chi connectivity index (χ2n) is 3.96. The molecule has 0 radical (unpaired) electrons. The summed E-state index contributed by atoms with van der Waals surface area (Å²) in [6.45, 7) is 3.70. The van der Waals surface area contributed by atoms with Crippen LogP contribution in [0.5, 0.6) is 0 Å². The van der Waals surface area contributed by atoms with Crippen LogP contribution in [0.1, 0.15) is 19.6 Å². The van der Waals surface area contributed by atoms with Crippen LogP contribution in [0, 0.1) is 13.8 Å². The van der Waals surface area contributed by atoms with Gasteiger partial charge in [-0.1, -0.05) is 0 Å². The van der Waals surface area contributed by atoms with E-state index in [0.717, 1.165) is 9.88 Å². The zero-order chi connectivity index (χ0) is 14.0. The molecule has 2 rings (SSSR count). The maximum atomic E-state index is 12.2.